The normalized spacial score (nSPS) is 13.7. The lowest BCUT2D eigenvalue weighted by Gasteiger charge is -2.07. The maximum absolute atomic E-state index is 13.2. The van der Waals surface area contributed by atoms with Crippen molar-refractivity contribution in [3.05, 3.63) is 71.9 Å². The number of nitrogens with zero attached hydrogens (tertiary/aromatic N) is 2. The largest absolute Gasteiger partial charge is 0.348 e. The van der Waals surface area contributed by atoms with E-state index < -0.39 is 0 Å². The third kappa shape index (κ3) is 3.28. The van der Waals surface area contributed by atoms with Crippen molar-refractivity contribution in [1.29, 1.82) is 0 Å². The molecule has 25 heavy (non-hydrogen) atoms. The summed E-state index contributed by atoms with van der Waals surface area (Å²) in [5.41, 5.74) is 2.18. The monoisotopic (exact) mass is 339 g/mol. The third-order valence-electron chi connectivity index (χ3n) is 4.07. The number of carbonyl (C=O) groups is 1. The van der Waals surface area contributed by atoms with Gasteiger partial charge < -0.3 is 5.32 Å². The van der Waals surface area contributed by atoms with Crippen LogP contribution < -0.4 is 5.32 Å². The van der Waals surface area contributed by atoms with Crippen molar-refractivity contribution in [3.8, 4) is 16.9 Å². The number of nitrogens with one attached hydrogen (secondary N) is 1. The molecule has 4 rings (SSSR count). The SMILES string of the molecule is O=C(NC1CC1)c1cc(-c2ccc(F)cc2)nn1-c1ccc(F)cc1. The average molecular weight is 339 g/mol. The first kappa shape index (κ1) is 15.5. The maximum Gasteiger partial charge on any atom is 0.270 e. The molecule has 0 atom stereocenters. The van der Waals surface area contributed by atoms with Gasteiger partial charge in [0.25, 0.3) is 5.91 Å². The fourth-order valence-electron chi connectivity index (χ4n) is 2.57. The van der Waals surface area contributed by atoms with Gasteiger partial charge in [0.2, 0.25) is 0 Å². The van der Waals surface area contributed by atoms with Gasteiger partial charge in [-0.05, 0) is 67.4 Å². The number of hydrogen-bond donors (Lipinski definition) is 1. The average Bonchev–Trinajstić information content (AvgIpc) is 3.31. The topological polar surface area (TPSA) is 46.9 Å². The summed E-state index contributed by atoms with van der Waals surface area (Å²) in [5, 5.41) is 7.40. The molecule has 1 amide bonds. The van der Waals surface area contributed by atoms with Crippen LogP contribution in [0.2, 0.25) is 0 Å². The van der Waals surface area contributed by atoms with Gasteiger partial charge >= 0.3 is 0 Å². The molecule has 0 spiro atoms. The predicted octanol–water partition coefficient (Wildman–Crippen LogP) is 3.71. The van der Waals surface area contributed by atoms with E-state index in [0.717, 1.165) is 12.8 Å². The fraction of sp³-hybridized carbons (Fsp3) is 0.158. The number of amides is 1. The zero-order valence-corrected chi connectivity index (χ0v) is 13.2. The number of hydrogen-bond acceptors (Lipinski definition) is 2. The van der Waals surface area contributed by atoms with Crippen molar-refractivity contribution >= 4 is 5.91 Å². The summed E-state index contributed by atoms with van der Waals surface area (Å²) in [5.74, 6) is -0.931. The Hall–Kier alpha value is -3.02. The highest BCUT2D eigenvalue weighted by Gasteiger charge is 2.26. The smallest absolute Gasteiger partial charge is 0.270 e. The van der Waals surface area contributed by atoms with Crippen LogP contribution in [0, 0.1) is 11.6 Å². The predicted molar refractivity (Wildman–Crippen MR) is 89.4 cm³/mol. The molecular weight excluding hydrogens is 324 g/mol. The Morgan fingerprint density at radius 2 is 1.60 bits per heavy atom. The second-order valence-electron chi connectivity index (χ2n) is 6.06. The number of halogens is 2. The van der Waals surface area contributed by atoms with Crippen molar-refractivity contribution in [2.24, 2.45) is 0 Å². The molecule has 4 nitrogen and oxygen atoms in total. The van der Waals surface area contributed by atoms with Crippen LogP contribution in [0.1, 0.15) is 23.3 Å². The summed E-state index contributed by atoms with van der Waals surface area (Å²) in [6.45, 7) is 0. The van der Waals surface area contributed by atoms with Crippen molar-refractivity contribution < 1.29 is 13.6 Å². The molecule has 1 aliphatic rings. The molecule has 1 heterocycles. The molecule has 0 radical (unpaired) electrons. The minimum atomic E-state index is -0.362. The Morgan fingerprint density at radius 1 is 1.00 bits per heavy atom. The van der Waals surface area contributed by atoms with E-state index in [-0.39, 0.29) is 23.6 Å². The van der Waals surface area contributed by atoms with Gasteiger partial charge in [-0.15, -0.1) is 0 Å². The molecule has 0 bridgehead atoms. The number of benzene rings is 2. The van der Waals surface area contributed by atoms with Gasteiger partial charge in [0.1, 0.15) is 17.3 Å². The van der Waals surface area contributed by atoms with E-state index >= 15 is 0 Å². The summed E-state index contributed by atoms with van der Waals surface area (Å²) in [4.78, 5) is 12.5. The third-order valence-corrected chi connectivity index (χ3v) is 4.07. The highest BCUT2D eigenvalue weighted by atomic mass is 19.1. The molecule has 1 aromatic heterocycles. The summed E-state index contributed by atoms with van der Waals surface area (Å²) >= 11 is 0. The molecular formula is C19H15F2N3O. The van der Waals surface area contributed by atoms with Crippen LogP contribution in [-0.2, 0) is 0 Å². The summed E-state index contributed by atoms with van der Waals surface area (Å²) in [7, 11) is 0. The van der Waals surface area contributed by atoms with Crippen molar-refractivity contribution in [1.82, 2.24) is 15.1 Å². The molecule has 1 aliphatic carbocycles. The van der Waals surface area contributed by atoms with Gasteiger partial charge in [0.15, 0.2) is 0 Å². The Labute approximate surface area is 143 Å². The van der Waals surface area contributed by atoms with Crippen LogP contribution in [0.15, 0.2) is 54.6 Å². The van der Waals surface area contributed by atoms with Gasteiger partial charge in [-0.3, -0.25) is 4.79 Å². The van der Waals surface area contributed by atoms with Gasteiger partial charge in [0.05, 0.1) is 11.4 Å². The summed E-state index contributed by atoms with van der Waals surface area (Å²) in [6.07, 6.45) is 1.95. The van der Waals surface area contributed by atoms with Gasteiger partial charge in [-0.25, -0.2) is 13.5 Å². The van der Waals surface area contributed by atoms with Crippen LogP contribution >= 0.6 is 0 Å². The molecule has 0 aliphatic heterocycles. The van der Waals surface area contributed by atoms with E-state index in [1.807, 2.05) is 0 Å². The molecule has 1 fully saturated rings. The zero-order valence-electron chi connectivity index (χ0n) is 13.2. The van der Waals surface area contributed by atoms with E-state index in [4.69, 9.17) is 0 Å². The molecule has 0 unspecified atom stereocenters. The first-order valence-corrected chi connectivity index (χ1v) is 8.03. The Kier molecular flexibility index (Phi) is 3.80. The second-order valence-corrected chi connectivity index (χ2v) is 6.06. The summed E-state index contributed by atoms with van der Waals surface area (Å²) < 4.78 is 27.8. The van der Waals surface area contributed by atoms with Gasteiger partial charge in [-0.2, -0.15) is 5.10 Å². The van der Waals surface area contributed by atoms with Crippen molar-refractivity contribution in [3.63, 3.8) is 0 Å². The molecule has 0 saturated heterocycles. The van der Waals surface area contributed by atoms with Crippen LogP contribution in [0.5, 0.6) is 0 Å². The van der Waals surface area contributed by atoms with E-state index in [1.165, 1.54) is 28.9 Å². The van der Waals surface area contributed by atoms with Crippen molar-refractivity contribution in [2.75, 3.05) is 0 Å². The minimum absolute atomic E-state index is 0.207. The van der Waals surface area contributed by atoms with Crippen LogP contribution in [0.25, 0.3) is 16.9 Å². The van der Waals surface area contributed by atoms with Crippen LogP contribution in [-0.4, -0.2) is 21.7 Å². The Morgan fingerprint density at radius 3 is 2.20 bits per heavy atom. The van der Waals surface area contributed by atoms with Gasteiger partial charge in [0, 0.05) is 11.6 Å². The summed E-state index contributed by atoms with van der Waals surface area (Å²) in [6, 6.07) is 13.5. The van der Waals surface area contributed by atoms with Gasteiger partial charge in [-0.1, -0.05) is 0 Å². The second kappa shape index (κ2) is 6.12. The Balaban J connectivity index is 1.77. The molecule has 6 heteroatoms. The maximum atomic E-state index is 13.2. The molecule has 1 saturated carbocycles. The lowest BCUT2D eigenvalue weighted by atomic mass is 10.1. The quantitative estimate of drug-likeness (QED) is 0.788. The lowest BCUT2D eigenvalue weighted by molar-refractivity contribution is 0.0943. The van der Waals surface area contributed by atoms with E-state index in [2.05, 4.69) is 10.4 Å². The zero-order chi connectivity index (χ0) is 17.4. The fourth-order valence-corrected chi connectivity index (χ4v) is 2.57. The van der Waals surface area contributed by atoms with Crippen molar-refractivity contribution in [2.45, 2.75) is 18.9 Å². The molecule has 3 aromatic rings. The van der Waals surface area contributed by atoms with E-state index in [0.29, 0.717) is 22.6 Å². The first-order chi connectivity index (χ1) is 12.1. The standard InChI is InChI=1S/C19H15F2N3O/c20-13-3-1-12(2-4-13)17-11-18(19(25)22-15-7-8-15)24(23-17)16-9-5-14(21)6-10-16/h1-6,9-11,15H,7-8H2,(H,22,25). The highest BCUT2D eigenvalue weighted by Crippen LogP contribution is 2.24. The Bertz CT molecular complexity index is 913. The minimum Gasteiger partial charge on any atom is -0.348 e. The number of rotatable bonds is 4. The first-order valence-electron chi connectivity index (χ1n) is 8.03. The lowest BCUT2D eigenvalue weighted by Crippen LogP contribution is -2.27. The van der Waals surface area contributed by atoms with Crippen LogP contribution in [0.4, 0.5) is 8.78 Å². The number of aromatic nitrogens is 2. The number of carbonyl (C=O) groups excluding carboxylic acids is 1. The van der Waals surface area contributed by atoms with Crippen LogP contribution in [0.3, 0.4) is 0 Å². The molecule has 1 N–H and O–H groups in total. The van der Waals surface area contributed by atoms with E-state index in [1.54, 1.807) is 30.3 Å². The van der Waals surface area contributed by atoms with E-state index in [9.17, 15) is 13.6 Å². The highest BCUT2D eigenvalue weighted by molar-refractivity contribution is 5.94. The molecule has 2 aromatic carbocycles. The molecule has 126 valence electrons.